The highest BCUT2D eigenvalue weighted by Gasteiger charge is 2.09. The highest BCUT2D eigenvalue weighted by molar-refractivity contribution is 5.42. The fraction of sp³-hybridized carbons (Fsp3) is 0.238. The quantitative estimate of drug-likeness (QED) is 0.528. The van der Waals surface area contributed by atoms with Gasteiger partial charge >= 0.3 is 0 Å². The van der Waals surface area contributed by atoms with Crippen molar-refractivity contribution >= 4 is 5.65 Å². The van der Waals surface area contributed by atoms with E-state index in [9.17, 15) is 0 Å². The van der Waals surface area contributed by atoms with Crippen LogP contribution in [-0.4, -0.2) is 30.9 Å². The van der Waals surface area contributed by atoms with E-state index in [0.717, 1.165) is 28.4 Å². The van der Waals surface area contributed by atoms with E-state index in [-0.39, 0.29) is 0 Å². The Bertz CT molecular complexity index is 1070. The van der Waals surface area contributed by atoms with E-state index in [2.05, 4.69) is 40.1 Å². The largest absolute Gasteiger partial charge is 0.478 e. The lowest BCUT2D eigenvalue weighted by Crippen LogP contribution is -2.06. The maximum atomic E-state index is 5.66. The molecule has 27 heavy (non-hydrogen) atoms. The van der Waals surface area contributed by atoms with Crippen molar-refractivity contribution in [2.75, 3.05) is 6.61 Å². The van der Waals surface area contributed by atoms with E-state index >= 15 is 0 Å². The summed E-state index contributed by atoms with van der Waals surface area (Å²) < 4.78 is 7.65. The van der Waals surface area contributed by atoms with E-state index in [4.69, 9.17) is 9.72 Å². The molecule has 0 spiro atoms. The lowest BCUT2D eigenvalue weighted by Gasteiger charge is -2.09. The molecule has 4 aromatic heterocycles. The zero-order chi connectivity index (χ0) is 18.6. The molecule has 0 aliphatic carbocycles. The van der Waals surface area contributed by atoms with Gasteiger partial charge in [0.1, 0.15) is 11.5 Å². The lowest BCUT2D eigenvalue weighted by atomic mass is 10.1. The highest BCUT2D eigenvalue weighted by Crippen LogP contribution is 2.16. The van der Waals surface area contributed by atoms with Crippen LogP contribution in [0.1, 0.15) is 35.3 Å². The zero-order valence-electron chi connectivity index (χ0n) is 15.5. The normalized spacial score (nSPS) is 11.0. The molecular formula is C21H21N5O. The second kappa shape index (κ2) is 7.53. The summed E-state index contributed by atoms with van der Waals surface area (Å²) in [5.74, 6) is 1.32. The molecule has 0 aromatic carbocycles. The van der Waals surface area contributed by atoms with E-state index in [0.29, 0.717) is 25.3 Å². The molecule has 0 radical (unpaired) electrons. The Hall–Kier alpha value is -3.28. The number of rotatable bonds is 6. The first kappa shape index (κ1) is 17.1. The second-order valence-electron chi connectivity index (χ2n) is 6.45. The van der Waals surface area contributed by atoms with Crippen LogP contribution in [-0.2, 0) is 12.8 Å². The molecule has 6 heteroatoms. The summed E-state index contributed by atoms with van der Waals surface area (Å²) in [6, 6.07) is 10.1. The molecule has 4 heterocycles. The van der Waals surface area contributed by atoms with Gasteiger partial charge in [-0.25, -0.2) is 9.97 Å². The van der Waals surface area contributed by atoms with Crippen LogP contribution in [0.5, 0.6) is 5.88 Å². The monoisotopic (exact) mass is 359 g/mol. The minimum Gasteiger partial charge on any atom is -0.478 e. The number of imidazole rings is 1. The van der Waals surface area contributed by atoms with Gasteiger partial charge < -0.3 is 9.14 Å². The summed E-state index contributed by atoms with van der Waals surface area (Å²) in [4.78, 5) is 18.1. The number of pyridine rings is 2. The first-order valence-corrected chi connectivity index (χ1v) is 9.02. The van der Waals surface area contributed by atoms with Gasteiger partial charge in [0.15, 0.2) is 0 Å². The van der Waals surface area contributed by atoms with E-state index in [1.165, 1.54) is 5.56 Å². The van der Waals surface area contributed by atoms with Gasteiger partial charge in [0.05, 0.1) is 18.7 Å². The van der Waals surface area contributed by atoms with Crippen LogP contribution in [0.3, 0.4) is 0 Å². The average molecular weight is 359 g/mol. The molecule has 6 nitrogen and oxygen atoms in total. The van der Waals surface area contributed by atoms with Crippen LogP contribution < -0.4 is 4.74 Å². The lowest BCUT2D eigenvalue weighted by molar-refractivity contribution is 0.324. The van der Waals surface area contributed by atoms with Crippen molar-refractivity contribution in [2.24, 2.45) is 0 Å². The third-order valence-electron chi connectivity index (χ3n) is 4.25. The maximum absolute atomic E-state index is 5.66. The Kier molecular flexibility index (Phi) is 4.78. The molecule has 4 aromatic rings. The SMILES string of the molecule is CCOc1cc(Cc2ccn3ccnc3c2)nc(Cc2cc(C)ccn2)n1. The van der Waals surface area contributed by atoms with Crippen molar-refractivity contribution in [3.05, 3.63) is 83.5 Å². The molecule has 0 aliphatic heterocycles. The van der Waals surface area contributed by atoms with Crippen molar-refractivity contribution < 1.29 is 4.74 Å². The summed E-state index contributed by atoms with van der Waals surface area (Å²) in [6.07, 6.45) is 8.83. The molecule has 0 atom stereocenters. The third kappa shape index (κ3) is 4.11. The third-order valence-corrected chi connectivity index (χ3v) is 4.25. The van der Waals surface area contributed by atoms with Gasteiger partial charge in [-0.05, 0) is 49.2 Å². The number of aryl methyl sites for hydroxylation is 1. The molecule has 0 saturated heterocycles. The summed E-state index contributed by atoms with van der Waals surface area (Å²) >= 11 is 0. The molecule has 0 bridgehead atoms. The van der Waals surface area contributed by atoms with Crippen LogP contribution in [0.4, 0.5) is 0 Å². The highest BCUT2D eigenvalue weighted by atomic mass is 16.5. The Morgan fingerprint density at radius 1 is 0.926 bits per heavy atom. The minimum atomic E-state index is 0.568. The van der Waals surface area contributed by atoms with Crippen molar-refractivity contribution in [2.45, 2.75) is 26.7 Å². The van der Waals surface area contributed by atoms with Crippen LogP contribution in [0, 0.1) is 6.92 Å². The molecule has 4 rings (SSSR count). The minimum absolute atomic E-state index is 0.568. The Labute approximate surface area is 157 Å². The van der Waals surface area contributed by atoms with Gasteiger partial charge in [0, 0.05) is 43.0 Å². The molecule has 0 fully saturated rings. The first-order chi connectivity index (χ1) is 13.2. The maximum Gasteiger partial charge on any atom is 0.216 e. The average Bonchev–Trinajstić information content (AvgIpc) is 3.09. The summed E-state index contributed by atoms with van der Waals surface area (Å²) in [5.41, 5.74) is 5.12. The van der Waals surface area contributed by atoms with E-state index in [1.54, 1.807) is 6.20 Å². The standard InChI is InChI=1S/C21H21N5O/c1-3-27-21-14-18(11-16-5-8-26-9-7-23-20(26)12-16)24-19(25-21)13-17-10-15(2)4-6-22-17/h4-10,12,14H,3,11,13H2,1-2H3. The number of nitrogens with zero attached hydrogens (tertiary/aromatic N) is 5. The summed E-state index contributed by atoms with van der Waals surface area (Å²) in [6.45, 7) is 4.58. The second-order valence-corrected chi connectivity index (χ2v) is 6.45. The van der Waals surface area contributed by atoms with Gasteiger partial charge in [-0.15, -0.1) is 0 Å². The number of ether oxygens (including phenoxy) is 1. The van der Waals surface area contributed by atoms with Crippen LogP contribution in [0.2, 0.25) is 0 Å². The first-order valence-electron chi connectivity index (χ1n) is 9.02. The Balaban J connectivity index is 1.63. The Morgan fingerprint density at radius 2 is 1.85 bits per heavy atom. The van der Waals surface area contributed by atoms with Crippen molar-refractivity contribution in [3.63, 3.8) is 0 Å². The van der Waals surface area contributed by atoms with Gasteiger partial charge in [0.25, 0.3) is 0 Å². The molecule has 136 valence electrons. The van der Waals surface area contributed by atoms with Gasteiger partial charge in [-0.3, -0.25) is 4.98 Å². The predicted octanol–water partition coefficient (Wildman–Crippen LogP) is 3.41. The van der Waals surface area contributed by atoms with Crippen molar-refractivity contribution in [1.82, 2.24) is 24.3 Å². The summed E-state index contributed by atoms with van der Waals surface area (Å²) in [7, 11) is 0. The van der Waals surface area contributed by atoms with Crippen molar-refractivity contribution in [3.8, 4) is 5.88 Å². The number of fused-ring (bicyclic) bond motifs is 1. The number of hydrogen-bond donors (Lipinski definition) is 0. The van der Waals surface area contributed by atoms with Gasteiger partial charge in [0.2, 0.25) is 5.88 Å². The zero-order valence-corrected chi connectivity index (χ0v) is 15.5. The topological polar surface area (TPSA) is 65.2 Å². The summed E-state index contributed by atoms with van der Waals surface area (Å²) in [5, 5.41) is 0. The van der Waals surface area contributed by atoms with E-state index < -0.39 is 0 Å². The van der Waals surface area contributed by atoms with Crippen LogP contribution >= 0.6 is 0 Å². The van der Waals surface area contributed by atoms with Crippen LogP contribution in [0.25, 0.3) is 5.65 Å². The number of hydrogen-bond acceptors (Lipinski definition) is 5. The molecule has 0 aliphatic rings. The smallest absolute Gasteiger partial charge is 0.216 e. The molecule has 0 unspecified atom stereocenters. The Morgan fingerprint density at radius 3 is 2.70 bits per heavy atom. The van der Waals surface area contributed by atoms with Gasteiger partial charge in [-0.2, -0.15) is 4.98 Å². The van der Waals surface area contributed by atoms with Gasteiger partial charge in [-0.1, -0.05) is 0 Å². The fourth-order valence-electron chi connectivity index (χ4n) is 3.05. The van der Waals surface area contributed by atoms with Crippen LogP contribution in [0.15, 0.2) is 55.1 Å². The van der Waals surface area contributed by atoms with E-state index in [1.807, 2.05) is 42.0 Å². The fourth-order valence-corrected chi connectivity index (χ4v) is 3.05. The molecular weight excluding hydrogens is 338 g/mol. The molecule has 0 amide bonds. The van der Waals surface area contributed by atoms with Crippen molar-refractivity contribution in [1.29, 1.82) is 0 Å². The predicted molar refractivity (Wildman–Crippen MR) is 103 cm³/mol. The number of aromatic nitrogens is 5. The molecule has 0 saturated carbocycles. The molecule has 0 N–H and O–H groups in total.